The second-order valence-corrected chi connectivity index (χ2v) is 4.71. The van der Waals surface area contributed by atoms with Crippen LogP contribution in [-0.2, 0) is 0 Å². The first kappa shape index (κ1) is 11.9. The van der Waals surface area contributed by atoms with Crippen LogP contribution in [0.4, 0.5) is 10.1 Å². The Morgan fingerprint density at radius 3 is 2.82 bits per heavy atom. The Hall–Kier alpha value is -1.58. The number of nitrogens with one attached hydrogen (secondary N) is 1. The molecule has 0 aromatic heterocycles. The zero-order chi connectivity index (χ0) is 12.4. The number of hydrogen-bond acceptors (Lipinski definition) is 2. The normalized spacial score (nSPS) is 15.4. The number of carbonyl (C=O) groups is 1. The molecule has 1 amide bonds. The van der Waals surface area contributed by atoms with E-state index in [2.05, 4.69) is 5.32 Å². The van der Waals surface area contributed by atoms with Gasteiger partial charge in [0.05, 0.1) is 5.56 Å². The number of amides is 1. The zero-order valence-electron chi connectivity index (χ0n) is 9.92. The first-order chi connectivity index (χ1) is 8.08. The monoisotopic (exact) mass is 236 g/mol. The highest BCUT2D eigenvalue weighted by Crippen LogP contribution is 2.25. The van der Waals surface area contributed by atoms with E-state index in [4.69, 9.17) is 5.73 Å². The minimum absolute atomic E-state index is 0.0434. The maximum absolute atomic E-state index is 13.7. The Morgan fingerprint density at radius 1 is 1.53 bits per heavy atom. The van der Waals surface area contributed by atoms with Crippen LogP contribution in [0.5, 0.6) is 0 Å². The fourth-order valence-electron chi connectivity index (χ4n) is 1.99. The molecule has 3 N–H and O–H groups in total. The molecule has 2 rings (SSSR count). The molecule has 1 saturated carbocycles. The summed E-state index contributed by atoms with van der Waals surface area (Å²) in [5.74, 6) is -0.292. The molecule has 4 heteroatoms. The summed E-state index contributed by atoms with van der Waals surface area (Å²) in [4.78, 5) is 11.8. The van der Waals surface area contributed by atoms with Crippen molar-refractivity contribution >= 4 is 11.6 Å². The second-order valence-electron chi connectivity index (χ2n) is 4.71. The summed E-state index contributed by atoms with van der Waals surface area (Å²) < 4.78 is 13.7. The molecule has 0 saturated heterocycles. The van der Waals surface area contributed by atoms with Gasteiger partial charge in [-0.1, -0.05) is 6.42 Å². The number of benzene rings is 1. The highest BCUT2D eigenvalue weighted by molar-refractivity contribution is 5.95. The molecule has 92 valence electrons. The quantitative estimate of drug-likeness (QED) is 0.791. The highest BCUT2D eigenvalue weighted by Gasteiger charge is 2.20. The van der Waals surface area contributed by atoms with Gasteiger partial charge >= 0.3 is 0 Å². The van der Waals surface area contributed by atoms with Crippen LogP contribution in [0.2, 0.25) is 0 Å². The van der Waals surface area contributed by atoms with Crippen LogP contribution < -0.4 is 11.1 Å². The topological polar surface area (TPSA) is 55.1 Å². The maximum Gasteiger partial charge on any atom is 0.254 e. The zero-order valence-corrected chi connectivity index (χ0v) is 9.92. The maximum atomic E-state index is 13.7. The van der Waals surface area contributed by atoms with Crippen molar-refractivity contribution in [3.05, 3.63) is 29.1 Å². The molecule has 17 heavy (non-hydrogen) atoms. The van der Waals surface area contributed by atoms with E-state index >= 15 is 0 Å². The molecule has 1 aliphatic rings. The van der Waals surface area contributed by atoms with Gasteiger partial charge in [0, 0.05) is 12.2 Å². The lowest BCUT2D eigenvalue weighted by atomic mass is 9.85. The molecule has 0 radical (unpaired) electrons. The van der Waals surface area contributed by atoms with Crippen LogP contribution in [0.15, 0.2) is 12.1 Å². The Morgan fingerprint density at radius 2 is 2.24 bits per heavy atom. The Bertz CT molecular complexity index is 441. The van der Waals surface area contributed by atoms with Gasteiger partial charge < -0.3 is 11.1 Å². The molecule has 1 fully saturated rings. The van der Waals surface area contributed by atoms with Gasteiger partial charge in [-0.25, -0.2) is 4.39 Å². The van der Waals surface area contributed by atoms with Crippen LogP contribution in [0.25, 0.3) is 0 Å². The fraction of sp³-hybridized carbons (Fsp3) is 0.462. The largest absolute Gasteiger partial charge is 0.399 e. The Balaban J connectivity index is 2.07. The highest BCUT2D eigenvalue weighted by atomic mass is 19.1. The van der Waals surface area contributed by atoms with E-state index in [1.807, 2.05) is 0 Å². The van der Waals surface area contributed by atoms with Crippen LogP contribution in [0.3, 0.4) is 0 Å². The van der Waals surface area contributed by atoms with Crippen LogP contribution >= 0.6 is 0 Å². The third-order valence-electron chi connectivity index (χ3n) is 3.30. The number of anilines is 1. The van der Waals surface area contributed by atoms with E-state index in [9.17, 15) is 9.18 Å². The number of nitrogens with two attached hydrogens (primary N) is 1. The van der Waals surface area contributed by atoms with E-state index in [1.54, 1.807) is 6.92 Å². The molecule has 0 atom stereocenters. The standard InChI is InChI=1S/C13H17FN2O/c1-8-5-10(15)6-11(12(8)14)13(17)16-7-9-3-2-4-9/h5-6,9H,2-4,7,15H2,1H3,(H,16,17). The second kappa shape index (κ2) is 4.73. The average Bonchev–Trinajstić information content (AvgIpc) is 2.20. The first-order valence-electron chi connectivity index (χ1n) is 5.91. The van der Waals surface area contributed by atoms with Crippen molar-refractivity contribution in [3.63, 3.8) is 0 Å². The molecule has 3 nitrogen and oxygen atoms in total. The lowest BCUT2D eigenvalue weighted by Crippen LogP contribution is -2.32. The molecule has 1 aromatic rings. The number of rotatable bonds is 3. The number of hydrogen-bond donors (Lipinski definition) is 2. The minimum Gasteiger partial charge on any atom is -0.399 e. The van der Waals surface area contributed by atoms with Gasteiger partial charge in [-0.3, -0.25) is 4.79 Å². The van der Waals surface area contributed by atoms with E-state index in [-0.39, 0.29) is 11.5 Å². The smallest absolute Gasteiger partial charge is 0.254 e. The summed E-state index contributed by atoms with van der Waals surface area (Å²) >= 11 is 0. The van der Waals surface area contributed by atoms with Crippen molar-refractivity contribution in [2.45, 2.75) is 26.2 Å². The van der Waals surface area contributed by atoms with E-state index < -0.39 is 5.82 Å². The van der Waals surface area contributed by atoms with Crippen molar-refractivity contribution < 1.29 is 9.18 Å². The fourth-order valence-corrected chi connectivity index (χ4v) is 1.99. The summed E-state index contributed by atoms with van der Waals surface area (Å²) in [6, 6.07) is 2.91. The van der Waals surface area contributed by atoms with Crippen molar-refractivity contribution in [2.75, 3.05) is 12.3 Å². The number of carbonyl (C=O) groups excluding carboxylic acids is 1. The molecule has 1 aromatic carbocycles. The number of halogens is 1. The van der Waals surface area contributed by atoms with Crippen LogP contribution in [-0.4, -0.2) is 12.5 Å². The Kier molecular flexibility index (Phi) is 3.31. The third-order valence-corrected chi connectivity index (χ3v) is 3.30. The Labute approximate surface area is 100 Å². The van der Waals surface area contributed by atoms with Crippen molar-refractivity contribution in [2.24, 2.45) is 5.92 Å². The van der Waals surface area contributed by atoms with Gasteiger partial charge in [0.15, 0.2) is 0 Å². The third kappa shape index (κ3) is 2.57. The predicted octanol–water partition coefficient (Wildman–Crippen LogP) is 2.25. The lowest BCUT2D eigenvalue weighted by Gasteiger charge is -2.25. The van der Waals surface area contributed by atoms with E-state index in [1.165, 1.54) is 18.6 Å². The van der Waals surface area contributed by atoms with Gasteiger partial charge in [-0.15, -0.1) is 0 Å². The van der Waals surface area contributed by atoms with Gasteiger partial charge in [0.1, 0.15) is 5.82 Å². The molecule has 0 spiro atoms. The lowest BCUT2D eigenvalue weighted by molar-refractivity contribution is 0.0935. The van der Waals surface area contributed by atoms with Gasteiger partial charge in [-0.2, -0.15) is 0 Å². The van der Waals surface area contributed by atoms with Crippen molar-refractivity contribution in [3.8, 4) is 0 Å². The number of aryl methyl sites for hydroxylation is 1. The van der Waals surface area contributed by atoms with E-state index in [0.29, 0.717) is 23.7 Å². The molecule has 1 aliphatic carbocycles. The molecular formula is C13H17FN2O. The number of nitrogen functional groups attached to an aromatic ring is 1. The van der Waals surface area contributed by atoms with Gasteiger partial charge in [-0.05, 0) is 43.4 Å². The SMILES string of the molecule is Cc1cc(N)cc(C(=O)NCC2CCC2)c1F. The molecule has 0 aliphatic heterocycles. The molecular weight excluding hydrogens is 219 g/mol. The van der Waals surface area contributed by atoms with Crippen LogP contribution in [0, 0.1) is 18.7 Å². The molecule has 0 bridgehead atoms. The summed E-state index contributed by atoms with van der Waals surface area (Å²) in [5, 5.41) is 2.76. The van der Waals surface area contributed by atoms with Crippen molar-refractivity contribution in [1.29, 1.82) is 0 Å². The van der Waals surface area contributed by atoms with Gasteiger partial charge in [0.2, 0.25) is 0 Å². The average molecular weight is 236 g/mol. The minimum atomic E-state index is -0.481. The summed E-state index contributed by atoms with van der Waals surface area (Å²) in [5.41, 5.74) is 6.47. The summed E-state index contributed by atoms with van der Waals surface area (Å²) in [6.45, 7) is 2.24. The van der Waals surface area contributed by atoms with Gasteiger partial charge in [0.25, 0.3) is 5.91 Å². The first-order valence-corrected chi connectivity index (χ1v) is 5.91. The summed E-state index contributed by atoms with van der Waals surface area (Å²) in [6.07, 6.45) is 3.53. The van der Waals surface area contributed by atoms with Crippen molar-refractivity contribution in [1.82, 2.24) is 5.32 Å². The molecule has 0 unspecified atom stereocenters. The predicted molar refractivity (Wildman–Crippen MR) is 65.2 cm³/mol. The summed E-state index contributed by atoms with van der Waals surface area (Å²) in [7, 11) is 0. The van der Waals surface area contributed by atoms with Crippen LogP contribution in [0.1, 0.15) is 35.2 Å². The van der Waals surface area contributed by atoms with E-state index in [0.717, 1.165) is 12.8 Å². The molecule has 0 heterocycles.